The van der Waals surface area contributed by atoms with Crippen LogP contribution in [0.5, 0.6) is 0 Å². The van der Waals surface area contributed by atoms with Gasteiger partial charge in [-0.1, -0.05) is 30.3 Å². The van der Waals surface area contributed by atoms with E-state index in [4.69, 9.17) is 0 Å². The molecule has 0 fully saturated rings. The number of fused-ring (bicyclic) bond motifs is 1. The number of sulfonamides is 1. The third-order valence-corrected chi connectivity index (χ3v) is 5.83. The molecule has 0 saturated heterocycles. The number of hydrogen-bond acceptors (Lipinski definition) is 4. The third-order valence-electron chi connectivity index (χ3n) is 3.67. The van der Waals surface area contributed by atoms with E-state index in [1.165, 1.54) is 11.3 Å². The smallest absolute Gasteiger partial charge is 0.240 e. The maximum Gasteiger partial charge on any atom is 0.240 e. The molecule has 0 amide bonds. The first-order valence-electron chi connectivity index (χ1n) is 7.25. The molecule has 0 spiro atoms. The summed E-state index contributed by atoms with van der Waals surface area (Å²) in [7, 11) is -3.57. The van der Waals surface area contributed by atoms with Gasteiger partial charge in [0.15, 0.2) is 0 Å². The first-order chi connectivity index (χ1) is 11.1. The average Bonchev–Trinajstić information content (AvgIpc) is 3.08. The van der Waals surface area contributed by atoms with E-state index in [9.17, 15) is 13.5 Å². The summed E-state index contributed by atoms with van der Waals surface area (Å²) in [5, 5.41) is 15.6. The van der Waals surface area contributed by atoms with Crippen LogP contribution in [0.4, 0.5) is 0 Å². The fourth-order valence-corrected chi connectivity index (χ4v) is 4.17. The van der Waals surface area contributed by atoms with Gasteiger partial charge in [0.25, 0.3) is 0 Å². The number of rotatable bonds is 6. The second-order valence-electron chi connectivity index (χ2n) is 5.27. The van der Waals surface area contributed by atoms with Crippen molar-refractivity contribution < 1.29 is 13.5 Å². The molecule has 4 nitrogen and oxygen atoms in total. The van der Waals surface area contributed by atoms with Crippen LogP contribution in [0, 0.1) is 0 Å². The number of aliphatic hydroxyl groups is 1. The van der Waals surface area contributed by atoms with Gasteiger partial charge in [-0.25, -0.2) is 13.1 Å². The van der Waals surface area contributed by atoms with Crippen LogP contribution in [0.2, 0.25) is 0 Å². The van der Waals surface area contributed by atoms with Crippen LogP contribution in [0.25, 0.3) is 10.8 Å². The number of benzene rings is 2. The number of nitrogens with one attached hydrogen (secondary N) is 1. The Balaban J connectivity index is 1.68. The molecule has 120 valence electrons. The summed E-state index contributed by atoms with van der Waals surface area (Å²) in [5.74, 6) is 0. The first kappa shape index (κ1) is 16.1. The Morgan fingerprint density at radius 3 is 2.61 bits per heavy atom. The van der Waals surface area contributed by atoms with Crippen LogP contribution in [0.1, 0.15) is 18.1 Å². The Labute approximate surface area is 139 Å². The van der Waals surface area contributed by atoms with Crippen LogP contribution in [-0.4, -0.2) is 20.1 Å². The van der Waals surface area contributed by atoms with Crippen LogP contribution in [0.3, 0.4) is 0 Å². The molecule has 2 aromatic carbocycles. The van der Waals surface area contributed by atoms with Gasteiger partial charge in [-0.05, 0) is 51.7 Å². The summed E-state index contributed by atoms with van der Waals surface area (Å²) in [6.45, 7) is 0.187. The molecular formula is C17H17NO3S2. The zero-order chi connectivity index (χ0) is 16.3. The molecule has 0 aliphatic rings. The molecule has 2 N–H and O–H groups in total. The van der Waals surface area contributed by atoms with Crippen molar-refractivity contribution in [1.82, 2.24) is 4.72 Å². The summed E-state index contributed by atoms with van der Waals surface area (Å²) in [4.78, 5) is 0.237. The maximum atomic E-state index is 12.4. The Morgan fingerprint density at radius 1 is 1.09 bits per heavy atom. The van der Waals surface area contributed by atoms with Crippen molar-refractivity contribution in [2.45, 2.75) is 17.4 Å². The van der Waals surface area contributed by atoms with E-state index in [1.807, 2.05) is 41.1 Å². The molecule has 1 unspecified atom stereocenters. The monoisotopic (exact) mass is 347 g/mol. The van der Waals surface area contributed by atoms with Crippen molar-refractivity contribution in [3.05, 3.63) is 64.9 Å². The molecule has 0 aliphatic carbocycles. The number of hydrogen-bond donors (Lipinski definition) is 2. The van der Waals surface area contributed by atoms with Gasteiger partial charge in [0.1, 0.15) is 0 Å². The Kier molecular flexibility index (Phi) is 4.77. The van der Waals surface area contributed by atoms with E-state index in [0.29, 0.717) is 6.42 Å². The lowest BCUT2D eigenvalue weighted by Gasteiger charge is -2.11. The molecule has 6 heteroatoms. The van der Waals surface area contributed by atoms with Crippen molar-refractivity contribution in [2.24, 2.45) is 0 Å². The topological polar surface area (TPSA) is 66.4 Å². The van der Waals surface area contributed by atoms with Crippen LogP contribution in [0.15, 0.2) is 64.2 Å². The summed E-state index contributed by atoms with van der Waals surface area (Å²) in [5.41, 5.74) is 0.819. The predicted molar refractivity (Wildman–Crippen MR) is 93.0 cm³/mol. The van der Waals surface area contributed by atoms with Crippen molar-refractivity contribution in [3.63, 3.8) is 0 Å². The Morgan fingerprint density at radius 2 is 1.87 bits per heavy atom. The van der Waals surface area contributed by atoms with Gasteiger partial charge in [0, 0.05) is 6.54 Å². The fourth-order valence-electron chi connectivity index (χ4n) is 2.38. The Bertz CT molecular complexity index is 889. The average molecular weight is 347 g/mol. The minimum atomic E-state index is -3.57. The lowest BCUT2D eigenvalue weighted by Crippen LogP contribution is -2.25. The van der Waals surface area contributed by atoms with E-state index in [1.54, 1.807) is 18.2 Å². The van der Waals surface area contributed by atoms with Gasteiger partial charge in [0.2, 0.25) is 10.0 Å². The van der Waals surface area contributed by atoms with Crippen molar-refractivity contribution >= 4 is 32.1 Å². The Hall–Kier alpha value is -1.73. The second kappa shape index (κ2) is 6.80. The van der Waals surface area contributed by atoms with Crippen LogP contribution < -0.4 is 4.72 Å². The van der Waals surface area contributed by atoms with E-state index >= 15 is 0 Å². The third kappa shape index (κ3) is 3.79. The summed E-state index contributed by atoms with van der Waals surface area (Å²) < 4.78 is 27.3. The lowest BCUT2D eigenvalue weighted by atomic mass is 10.1. The van der Waals surface area contributed by atoms with Gasteiger partial charge in [-0.2, -0.15) is 11.3 Å². The minimum Gasteiger partial charge on any atom is -0.388 e. The highest BCUT2D eigenvalue weighted by atomic mass is 32.2. The predicted octanol–water partition coefficient (Wildman–Crippen LogP) is 3.30. The number of aliphatic hydroxyl groups excluding tert-OH is 1. The normalized spacial score (nSPS) is 13.3. The van der Waals surface area contributed by atoms with Crippen molar-refractivity contribution in [1.29, 1.82) is 0 Å². The molecule has 3 rings (SSSR count). The maximum absolute atomic E-state index is 12.4. The van der Waals surface area contributed by atoms with Gasteiger partial charge in [-0.15, -0.1) is 0 Å². The molecular weight excluding hydrogens is 330 g/mol. The van der Waals surface area contributed by atoms with Crippen molar-refractivity contribution in [2.75, 3.05) is 6.54 Å². The van der Waals surface area contributed by atoms with Gasteiger partial charge >= 0.3 is 0 Å². The summed E-state index contributed by atoms with van der Waals surface area (Å²) in [6, 6.07) is 14.5. The highest BCUT2D eigenvalue weighted by molar-refractivity contribution is 7.89. The highest BCUT2D eigenvalue weighted by Crippen LogP contribution is 2.20. The SMILES string of the molecule is O=S(=O)(NCCC(O)c1ccsc1)c1ccc2ccccc2c1. The lowest BCUT2D eigenvalue weighted by molar-refractivity contribution is 0.169. The van der Waals surface area contributed by atoms with Crippen LogP contribution >= 0.6 is 11.3 Å². The molecule has 0 aliphatic heterocycles. The standard InChI is InChI=1S/C17H17NO3S2/c19-17(15-8-10-22-12-15)7-9-18-23(20,21)16-6-5-13-3-1-2-4-14(13)11-16/h1-6,8,10-12,17-19H,7,9H2. The van der Waals surface area contributed by atoms with Gasteiger partial charge in [-0.3, -0.25) is 0 Å². The largest absolute Gasteiger partial charge is 0.388 e. The fraction of sp³-hybridized carbons (Fsp3) is 0.176. The zero-order valence-corrected chi connectivity index (χ0v) is 14.0. The molecule has 0 saturated carbocycles. The molecule has 1 heterocycles. The molecule has 23 heavy (non-hydrogen) atoms. The molecule has 0 radical (unpaired) electrons. The van der Waals surface area contributed by atoms with Crippen molar-refractivity contribution in [3.8, 4) is 0 Å². The molecule has 1 atom stereocenters. The molecule has 0 bridgehead atoms. The summed E-state index contributed by atoms with van der Waals surface area (Å²) in [6.07, 6.45) is -0.315. The zero-order valence-electron chi connectivity index (χ0n) is 12.3. The van der Waals surface area contributed by atoms with E-state index < -0.39 is 16.1 Å². The number of thiophene rings is 1. The van der Waals surface area contributed by atoms with E-state index in [0.717, 1.165) is 16.3 Å². The molecule has 1 aromatic heterocycles. The quantitative estimate of drug-likeness (QED) is 0.719. The van der Waals surface area contributed by atoms with E-state index in [2.05, 4.69) is 4.72 Å². The van der Waals surface area contributed by atoms with Gasteiger partial charge < -0.3 is 5.11 Å². The first-order valence-corrected chi connectivity index (χ1v) is 9.67. The van der Waals surface area contributed by atoms with Crippen LogP contribution in [-0.2, 0) is 10.0 Å². The summed E-state index contributed by atoms with van der Waals surface area (Å²) >= 11 is 1.51. The highest BCUT2D eigenvalue weighted by Gasteiger charge is 2.15. The second-order valence-corrected chi connectivity index (χ2v) is 7.81. The molecule has 3 aromatic rings. The minimum absolute atomic E-state index is 0.187. The van der Waals surface area contributed by atoms with E-state index in [-0.39, 0.29) is 11.4 Å². The van der Waals surface area contributed by atoms with Gasteiger partial charge in [0.05, 0.1) is 11.0 Å².